The van der Waals surface area contributed by atoms with Crippen molar-refractivity contribution >= 4 is 18.2 Å². The molecule has 0 saturated carbocycles. The zero-order valence-corrected chi connectivity index (χ0v) is 13.2. The molecule has 21 heavy (non-hydrogen) atoms. The monoisotopic (exact) mass is 311 g/mol. The first-order chi connectivity index (χ1) is 9.79. The Hall–Kier alpha value is -1.26. The van der Waals surface area contributed by atoms with Crippen molar-refractivity contribution < 1.29 is 14.3 Å². The zero-order chi connectivity index (χ0) is 13.9. The van der Waals surface area contributed by atoms with E-state index in [0.717, 1.165) is 37.2 Å². The lowest BCUT2D eigenvalue weighted by atomic mass is 9.99. The quantitative estimate of drug-likeness (QED) is 0.782. The van der Waals surface area contributed by atoms with Gasteiger partial charge in [-0.2, -0.15) is 0 Å². The van der Waals surface area contributed by atoms with E-state index in [1.54, 1.807) is 0 Å². The summed E-state index contributed by atoms with van der Waals surface area (Å²) in [7, 11) is 0. The van der Waals surface area contributed by atoms with Crippen LogP contribution in [-0.2, 0) is 0 Å². The number of likely N-dealkylation sites (tertiary alicyclic amines) is 1. The van der Waals surface area contributed by atoms with Crippen LogP contribution in [0.3, 0.4) is 0 Å². The Labute approximate surface area is 131 Å². The van der Waals surface area contributed by atoms with Gasteiger partial charge in [0.2, 0.25) is 6.79 Å². The Morgan fingerprint density at radius 2 is 1.95 bits per heavy atom. The van der Waals surface area contributed by atoms with Crippen LogP contribution in [0, 0.1) is 0 Å². The zero-order valence-electron chi connectivity index (χ0n) is 12.3. The number of hydrogen-bond acceptors (Lipinski definition) is 4. The molecule has 0 radical (unpaired) electrons. The molecule has 2 aliphatic rings. The summed E-state index contributed by atoms with van der Waals surface area (Å²) in [5.74, 6) is 1.63. The average Bonchev–Trinajstić information content (AvgIpc) is 3.13. The molecular weight excluding hydrogens is 290 g/mol. The topological polar surface area (TPSA) is 38.8 Å². The third-order valence-corrected chi connectivity index (χ3v) is 4.10. The largest absolute Gasteiger partial charge is 0.454 e. The Kier molecular flexibility index (Phi) is 5.48. The lowest BCUT2D eigenvalue weighted by molar-refractivity contribution is 0.0836. The number of halogens is 1. The highest BCUT2D eigenvalue weighted by Gasteiger charge is 2.29. The lowest BCUT2D eigenvalue weighted by Gasteiger charge is -2.26. The minimum atomic E-state index is 0. The third-order valence-electron chi connectivity index (χ3n) is 4.10. The van der Waals surface area contributed by atoms with Gasteiger partial charge in [0.05, 0.1) is 6.04 Å². The second kappa shape index (κ2) is 7.14. The summed E-state index contributed by atoms with van der Waals surface area (Å²) >= 11 is 0. The van der Waals surface area contributed by atoms with E-state index in [1.165, 1.54) is 12.8 Å². The van der Waals surface area contributed by atoms with Crippen molar-refractivity contribution in [2.75, 3.05) is 19.9 Å². The minimum Gasteiger partial charge on any atom is -0.454 e. The van der Waals surface area contributed by atoms with E-state index in [-0.39, 0.29) is 31.0 Å². The molecule has 0 spiro atoms. The molecule has 4 nitrogen and oxygen atoms in total. The number of Topliss-reactive ketones (excluding diaryl/α,β-unsaturated/α-hetero) is 1. The maximum Gasteiger partial charge on any atom is 0.231 e. The second-order valence-electron chi connectivity index (χ2n) is 5.48. The predicted octanol–water partition coefficient (Wildman–Crippen LogP) is 3.28. The van der Waals surface area contributed by atoms with Gasteiger partial charge in [0.15, 0.2) is 17.3 Å². The summed E-state index contributed by atoms with van der Waals surface area (Å²) in [5.41, 5.74) is 0.736. The number of hydrogen-bond donors (Lipinski definition) is 0. The molecule has 5 heteroatoms. The highest BCUT2D eigenvalue weighted by atomic mass is 35.5. The number of carbonyl (C=O) groups is 1. The SMILES string of the molecule is CCCC(C(=O)c1ccc2c(c1)OCO2)N1CCCC1.Cl. The number of benzene rings is 1. The van der Waals surface area contributed by atoms with Crippen molar-refractivity contribution in [3.05, 3.63) is 23.8 Å². The molecule has 1 saturated heterocycles. The van der Waals surface area contributed by atoms with Gasteiger partial charge < -0.3 is 9.47 Å². The van der Waals surface area contributed by atoms with Crippen molar-refractivity contribution in [2.24, 2.45) is 0 Å². The summed E-state index contributed by atoms with van der Waals surface area (Å²) in [6.45, 7) is 4.47. The van der Waals surface area contributed by atoms with E-state index in [2.05, 4.69) is 11.8 Å². The average molecular weight is 312 g/mol. The maximum absolute atomic E-state index is 12.8. The fourth-order valence-electron chi connectivity index (χ4n) is 3.05. The molecule has 0 amide bonds. The fourth-order valence-corrected chi connectivity index (χ4v) is 3.05. The van der Waals surface area contributed by atoms with Gasteiger partial charge in [-0.1, -0.05) is 13.3 Å². The normalized spacial score (nSPS) is 18.3. The molecule has 1 aromatic carbocycles. The van der Waals surface area contributed by atoms with Gasteiger partial charge in [0.25, 0.3) is 0 Å². The summed E-state index contributed by atoms with van der Waals surface area (Å²) in [6, 6.07) is 5.53. The smallest absolute Gasteiger partial charge is 0.231 e. The summed E-state index contributed by atoms with van der Waals surface area (Å²) in [5, 5.41) is 0. The van der Waals surface area contributed by atoms with Crippen molar-refractivity contribution in [2.45, 2.75) is 38.6 Å². The highest BCUT2D eigenvalue weighted by Crippen LogP contribution is 2.33. The maximum atomic E-state index is 12.8. The molecule has 0 aromatic heterocycles. The van der Waals surface area contributed by atoms with Crippen LogP contribution in [0.2, 0.25) is 0 Å². The third kappa shape index (κ3) is 3.33. The molecule has 116 valence electrons. The first kappa shape index (κ1) is 16.1. The second-order valence-corrected chi connectivity index (χ2v) is 5.48. The van der Waals surface area contributed by atoms with E-state index in [1.807, 2.05) is 18.2 Å². The van der Waals surface area contributed by atoms with Gasteiger partial charge >= 0.3 is 0 Å². The van der Waals surface area contributed by atoms with Crippen molar-refractivity contribution in [3.8, 4) is 11.5 Å². The number of ketones is 1. The molecular formula is C16H22ClNO3. The van der Waals surface area contributed by atoms with E-state index >= 15 is 0 Å². The Morgan fingerprint density at radius 3 is 2.67 bits per heavy atom. The van der Waals surface area contributed by atoms with Gasteiger partial charge in [0, 0.05) is 5.56 Å². The van der Waals surface area contributed by atoms with Crippen LogP contribution in [0.1, 0.15) is 43.0 Å². The van der Waals surface area contributed by atoms with Crippen LogP contribution in [0.4, 0.5) is 0 Å². The minimum absolute atomic E-state index is 0. The van der Waals surface area contributed by atoms with Crippen LogP contribution in [0.15, 0.2) is 18.2 Å². The lowest BCUT2D eigenvalue weighted by Crippen LogP contribution is -2.39. The summed E-state index contributed by atoms with van der Waals surface area (Å²) < 4.78 is 10.7. The Bertz CT molecular complexity index is 500. The van der Waals surface area contributed by atoms with Crippen molar-refractivity contribution in [3.63, 3.8) is 0 Å². The molecule has 1 fully saturated rings. The number of nitrogens with zero attached hydrogens (tertiary/aromatic N) is 1. The van der Waals surface area contributed by atoms with Crippen LogP contribution >= 0.6 is 12.4 Å². The molecule has 3 rings (SSSR count). The van der Waals surface area contributed by atoms with Crippen molar-refractivity contribution in [1.29, 1.82) is 0 Å². The number of rotatable bonds is 5. The molecule has 1 atom stereocenters. The predicted molar refractivity (Wildman–Crippen MR) is 83.6 cm³/mol. The fraction of sp³-hybridized carbons (Fsp3) is 0.562. The van der Waals surface area contributed by atoms with E-state index < -0.39 is 0 Å². The van der Waals surface area contributed by atoms with Crippen molar-refractivity contribution in [1.82, 2.24) is 4.90 Å². The van der Waals surface area contributed by atoms with Gasteiger partial charge in [-0.3, -0.25) is 9.69 Å². The van der Waals surface area contributed by atoms with Gasteiger partial charge in [-0.25, -0.2) is 0 Å². The van der Waals surface area contributed by atoms with Crippen LogP contribution in [-0.4, -0.2) is 36.6 Å². The number of carbonyl (C=O) groups excluding carboxylic acids is 1. The van der Waals surface area contributed by atoms with E-state index in [0.29, 0.717) is 5.75 Å². The summed E-state index contributed by atoms with van der Waals surface area (Å²) in [4.78, 5) is 15.1. The van der Waals surface area contributed by atoms with Crippen LogP contribution < -0.4 is 9.47 Å². The molecule has 1 aromatic rings. The van der Waals surface area contributed by atoms with E-state index in [4.69, 9.17) is 9.47 Å². The number of fused-ring (bicyclic) bond motifs is 1. The summed E-state index contributed by atoms with van der Waals surface area (Å²) in [6.07, 6.45) is 4.36. The Morgan fingerprint density at radius 1 is 1.24 bits per heavy atom. The molecule has 0 bridgehead atoms. The molecule has 2 aliphatic heterocycles. The molecule has 0 N–H and O–H groups in total. The number of ether oxygens (including phenoxy) is 2. The van der Waals surface area contributed by atoms with Crippen LogP contribution in [0.5, 0.6) is 11.5 Å². The van der Waals surface area contributed by atoms with E-state index in [9.17, 15) is 4.79 Å². The Balaban J connectivity index is 0.00000161. The molecule has 1 unspecified atom stereocenters. The van der Waals surface area contributed by atoms with Gasteiger partial charge in [-0.05, 0) is 50.6 Å². The highest BCUT2D eigenvalue weighted by molar-refractivity contribution is 6.00. The van der Waals surface area contributed by atoms with Gasteiger partial charge in [0.1, 0.15) is 0 Å². The molecule has 0 aliphatic carbocycles. The van der Waals surface area contributed by atoms with Crippen LogP contribution in [0.25, 0.3) is 0 Å². The first-order valence-electron chi connectivity index (χ1n) is 7.47. The molecule has 2 heterocycles. The standard InChI is InChI=1S/C16H21NO3.ClH/c1-2-5-13(17-8-3-4-9-17)16(18)12-6-7-14-15(10-12)20-11-19-14;/h6-7,10,13H,2-5,8-9,11H2,1H3;1H. The van der Waals surface area contributed by atoms with Gasteiger partial charge in [-0.15, -0.1) is 12.4 Å². The first-order valence-corrected chi connectivity index (χ1v) is 7.47.